The highest BCUT2D eigenvalue weighted by Gasteiger charge is 2.02. The van der Waals surface area contributed by atoms with Gasteiger partial charge in [0.25, 0.3) is 0 Å². The topological polar surface area (TPSA) is 46.0 Å². The minimum Gasteiger partial charge on any atom is -0.408 e. The van der Waals surface area contributed by atoms with Crippen molar-refractivity contribution in [2.45, 2.75) is 13.8 Å². The third-order valence-corrected chi connectivity index (χ3v) is 1.32. The summed E-state index contributed by atoms with van der Waals surface area (Å²) < 4.78 is 4.79. The van der Waals surface area contributed by atoms with E-state index in [1.165, 1.54) is 6.08 Å². The van der Waals surface area contributed by atoms with Crippen LogP contribution in [0.15, 0.2) is 21.4 Å². The predicted molar refractivity (Wildman–Crippen MR) is 48.7 cm³/mol. The van der Waals surface area contributed by atoms with Crippen molar-refractivity contribution in [3.63, 3.8) is 0 Å². The Morgan fingerprint density at radius 2 is 2.25 bits per heavy atom. The molecular weight excluding hydrogens is 154 g/mol. The molecule has 0 aliphatic carbocycles. The van der Waals surface area contributed by atoms with Crippen LogP contribution in [0.4, 0.5) is 0 Å². The molecule has 0 radical (unpaired) electrons. The van der Waals surface area contributed by atoms with Gasteiger partial charge in [-0.3, -0.25) is 4.98 Å². The van der Waals surface area contributed by atoms with Crippen molar-refractivity contribution in [3.8, 4) is 0 Å². The molecule has 0 unspecified atom stereocenters. The van der Waals surface area contributed by atoms with Crippen molar-refractivity contribution in [3.05, 3.63) is 34.2 Å². The number of aromatic amines is 1. The van der Waals surface area contributed by atoms with Crippen molar-refractivity contribution in [1.29, 1.82) is 0 Å². The molecule has 0 saturated heterocycles. The quantitative estimate of drug-likeness (QED) is 0.728. The summed E-state index contributed by atoms with van der Waals surface area (Å²) in [6.07, 6.45) is 3.34. The van der Waals surface area contributed by atoms with Crippen LogP contribution in [-0.4, -0.2) is 4.98 Å². The summed E-state index contributed by atoms with van der Waals surface area (Å²) in [7, 11) is 0. The molecule has 64 valence electrons. The molecule has 1 aromatic rings. The van der Waals surface area contributed by atoms with E-state index in [0.29, 0.717) is 11.5 Å². The molecule has 0 aliphatic heterocycles. The zero-order valence-electron chi connectivity index (χ0n) is 7.18. The summed E-state index contributed by atoms with van der Waals surface area (Å²) in [6, 6.07) is 0. The summed E-state index contributed by atoms with van der Waals surface area (Å²) in [4.78, 5) is 13.3. The average molecular weight is 165 g/mol. The summed E-state index contributed by atoms with van der Waals surface area (Å²) in [6.45, 7) is 7.42. The van der Waals surface area contributed by atoms with Gasteiger partial charge in [0.1, 0.15) is 0 Å². The first-order valence-electron chi connectivity index (χ1n) is 3.64. The SMILES string of the molecule is C=Cc1oc(=O)[nH]c1C=C(C)C. The fraction of sp³-hybridized carbons (Fsp3) is 0.222. The van der Waals surface area contributed by atoms with E-state index in [4.69, 9.17) is 4.42 Å². The Kier molecular flexibility index (Phi) is 2.33. The summed E-state index contributed by atoms with van der Waals surface area (Å²) in [5, 5.41) is 0. The molecule has 1 heterocycles. The fourth-order valence-corrected chi connectivity index (χ4v) is 0.899. The highest BCUT2D eigenvalue weighted by Crippen LogP contribution is 2.09. The Morgan fingerprint density at radius 1 is 1.58 bits per heavy atom. The third kappa shape index (κ3) is 1.75. The molecule has 0 fully saturated rings. The lowest BCUT2D eigenvalue weighted by atomic mass is 10.2. The lowest BCUT2D eigenvalue weighted by molar-refractivity contribution is 0.507. The molecule has 1 N–H and O–H groups in total. The maximum atomic E-state index is 10.8. The van der Waals surface area contributed by atoms with Crippen molar-refractivity contribution < 1.29 is 4.42 Å². The van der Waals surface area contributed by atoms with Crippen molar-refractivity contribution in [2.75, 3.05) is 0 Å². The van der Waals surface area contributed by atoms with Crippen LogP contribution >= 0.6 is 0 Å². The maximum absolute atomic E-state index is 10.8. The van der Waals surface area contributed by atoms with Gasteiger partial charge in [0, 0.05) is 0 Å². The van der Waals surface area contributed by atoms with Gasteiger partial charge in [0.15, 0.2) is 5.76 Å². The highest BCUT2D eigenvalue weighted by molar-refractivity contribution is 5.58. The summed E-state index contributed by atoms with van der Waals surface area (Å²) in [5.74, 6) is 0.0404. The van der Waals surface area contributed by atoms with Gasteiger partial charge >= 0.3 is 5.76 Å². The van der Waals surface area contributed by atoms with Crippen LogP contribution in [0, 0.1) is 0 Å². The Bertz CT molecular complexity index is 364. The molecule has 1 aromatic heterocycles. The molecule has 0 amide bonds. The van der Waals surface area contributed by atoms with Gasteiger partial charge in [0.2, 0.25) is 0 Å². The molecule has 0 atom stereocenters. The molecule has 0 saturated carbocycles. The van der Waals surface area contributed by atoms with E-state index in [9.17, 15) is 4.79 Å². The third-order valence-electron chi connectivity index (χ3n) is 1.32. The number of hydrogen-bond acceptors (Lipinski definition) is 2. The second-order valence-electron chi connectivity index (χ2n) is 2.72. The molecule has 0 bridgehead atoms. The van der Waals surface area contributed by atoms with Crippen molar-refractivity contribution in [1.82, 2.24) is 4.98 Å². The number of nitrogens with one attached hydrogen (secondary N) is 1. The van der Waals surface area contributed by atoms with Crippen LogP contribution in [0.1, 0.15) is 25.3 Å². The van der Waals surface area contributed by atoms with Gasteiger partial charge in [-0.1, -0.05) is 12.2 Å². The largest absolute Gasteiger partial charge is 0.417 e. The smallest absolute Gasteiger partial charge is 0.408 e. The van der Waals surface area contributed by atoms with E-state index >= 15 is 0 Å². The van der Waals surface area contributed by atoms with E-state index in [0.717, 1.165) is 5.57 Å². The van der Waals surface area contributed by atoms with Gasteiger partial charge < -0.3 is 4.42 Å². The van der Waals surface area contributed by atoms with Gasteiger partial charge in [-0.05, 0) is 26.0 Å². The number of H-pyrrole nitrogens is 1. The number of rotatable bonds is 2. The van der Waals surface area contributed by atoms with Gasteiger partial charge in [-0.25, -0.2) is 4.79 Å². The Labute approximate surface area is 70.4 Å². The normalized spacial score (nSPS) is 9.50. The first-order chi connectivity index (χ1) is 5.63. The van der Waals surface area contributed by atoms with Crippen LogP contribution in [0.2, 0.25) is 0 Å². The molecule has 0 aromatic carbocycles. The number of oxazole rings is 1. The van der Waals surface area contributed by atoms with E-state index in [1.807, 2.05) is 19.9 Å². The van der Waals surface area contributed by atoms with E-state index < -0.39 is 5.76 Å². The zero-order valence-corrected chi connectivity index (χ0v) is 7.18. The van der Waals surface area contributed by atoms with Crippen LogP contribution in [0.25, 0.3) is 12.2 Å². The molecule has 0 spiro atoms. The highest BCUT2D eigenvalue weighted by atomic mass is 16.4. The summed E-state index contributed by atoms with van der Waals surface area (Å²) >= 11 is 0. The zero-order chi connectivity index (χ0) is 9.14. The Morgan fingerprint density at radius 3 is 2.75 bits per heavy atom. The fourth-order valence-electron chi connectivity index (χ4n) is 0.899. The Balaban J connectivity index is 3.22. The van der Waals surface area contributed by atoms with Crippen molar-refractivity contribution >= 4 is 12.2 Å². The minimum absolute atomic E-state index is 0.447. The minimum atomic E-state index is -0.447. The average Bonchev–Trinajstić information content (AvgIpc) is 2.29. The molecule has 3 nitrogen and oxygen atoms in total. The van der Waals surface area contributed by atoms with Crippen molar-refractivity contribution in [2.24, 2.45) is 0 Å². The van der Waals surface area contributed by atoms with E-state index in [-0.39, 0.29) is 0 Å². The molecule has 12 heavy (non-hydrogen) atoms. The lowest BCUT2D eigenvalue weighted by Crippen LogP contribution is -1.94. The van der Waals surface area contributed by atoms with Gasteiger partial charge in [-0.2, -0.15) is 0 Å². The molecule has 1 rings (SSSR count). The number of aromatic nitrogens is 1. The molecular formula is C9H11NO2. The molecule has 0 aliphatic rings. The first kappa shape index (κ1) is 8.59. The van der Waals surface area contributed by atoms with Crippen LogP contribution in [0.5, 0.6) is 0 Å². The number of allylic oxidation sites excluding steroid dienone is 1. The Hall–Kier alpha value is -1.51. The van der Waals surface area contributed by atoms with Crippen LogP contribution in [-0.2, 0) is 0 Å². The standard InChI is InChI=1S/C9H11NO2/c1-4-8-7(5-6(2)3)10-9(11)12-8/h4-5H,1H2,2-3H3,(H,10,11). The van der Waals surface area contributed by atoms with E-state index in [1.54, 1.807) is 0 Å². The monoisotopic (exact) mass is 165 g/mol. The lowest BCUT2D eigenvalue weighted by Gasteiger charge is -1.89. The van der Waals surface area contributed by atoms with Crippen LogP contribution in [0.3, 0.4) is 0 Å². The van der Waals surface area contributed by atoms with E-state index in [2.05, 4.69) is 11.6 Å². The van der Waals surface area contributed by atoms with Gasteiger partial charge in [-0.15, -0.1) is 0 Å². The summed E-state index contributed by atoms with van der Waals surface area (Å²) in [5.41, 5.74) is 1.77. The predicted octanol–water partition coefficient (Wildman–Crippen LogP) is 2.03. The van der Waals surface area contributed by atoms with Crippen LogP contribution < -0.4 is 5.76 Å². The maximum Gasteiger partial charge on any atom is 0.417 e. The second kappa shape index (κ2) is 3.26. The molecule has 3 heteroatoms. The van der Waals surface area contributed by atoms with Gasteiger partial charge in [0.05, 0.1) is 5.69 Å². The second-order valence-corrected chi connectivity index (χ2v) is 2.72. The number of hydrogen-bond donors (Lipinski definition) is 1. The first-order valence-corrected chi connectivity index (χ1v) is 3.64.